The summed E-state index contributed by atoms with van der Waals surface area (Å²) in [5, 5.41) is 10.3. The lowest BCUT2D eigenvalue weighted by Crippen LogP contribution is -2.51. The summed E-state index contributed by atoms with van der Waals surface area (Å²) in [5.41, 5.74) is -0.136. The monoisotopic (exact) mass is 423 g/mol. The molecule has 0 aliphatic carbocycles. The van der Waals surface area contributed by atoms with Crippen LogP contribution in [0.2, 0.25) is 0 Å². The van der Waals surface area contributed by atoms with Crippen molar-refractivity contribution in [3.8, 4) is 0 Å². The number of sulfonamides is 1. The zero-order valence-corrected chi connectivity index (χ0v) is 16.2. The van der Waals surface area contributed by atoms with Gasteiger partial charge in [0.2, 0.25) is 10.0 Å². The summed E-state index contributed by atoms with van der Waals surface area (Å²) in [6.45, 7) is 2.84. The summed E-state index contributed by atoms with van der Waals surface area (Å²) in [7, 11) is -3.44. The Balaban J connectivity index is 1.52. The van der Waals surface area contributed by atoms with Gasteiger partial charge in [0, 0.05) is 38.4 Å². The van der Waals surface area contributed by atoms with Crippen LogP contribution in [0.5, 0.6) is 0 Å². The molecule has 0 spiro atoms. The highest BCUT2D eigenvalue weighted by Gasteiger charge is 2.38. The van der Waals surface area contributed by atoms with Crippen LogP contribution in [0.15, 0.2) is 24.3 Å². The van der Waals surface area contributed by atoms with E-state index in [2.05, 4.69) is 9.62 Å². The normalized spacial score (nSPS) is 27.3. The molecule has 2 N–H and O–H groups in total. The lowest BCUT2D eigenvalue weighted by molar-refractivity contribution is -0.137. The summed E-state index contributed by atoms with van der Waals surface area (Å²) in [5.74, 6) is 0. The van der Waals surface area contributed by atoms with Crippen LogP contribution in [0, 0.1) is 0 Å². The number of alkyl halides is 3. The highest BCUT2D eigenvalue weighted by molar-refractivity contribution is 7.88. The first-order valence-corrected chi connectivity index (χ1v) is 10.8. The van der Waals surface area contributed by atoms with Gasteiger partial charge in [-0.2, -0.15) is 13.2 Å². The number of hydrogen-bond donors (Lipinski definition) is 2. The Morgan fingerprint density at radius 1 is 1.25 bits per heavy atom. The predicted octanol–water partition coefficient (Wildman–Crippen LogP) is 0.505. The van der Waals surface area contributed by atoms with E-state index < -0.39 is 40.0 Å². The number of hydrogen-bond acceptors (Lipinski definition) is 6. The number of halogens is 3. The lowest BCUT2D eigenvalue weighted by atomic mass is 10.1. The van der Waals surface area contributed by atoms with Crippen LogP contribution in [-0.4, -0.2) is 82.3 Å². The Morgan fingerprint density at radius 2 is 1.93 bits per heavy atom. The van der Waals surface area contributed by atoms with Crippen LogP contribution >= 0.6 is 0 Å². The smallest absolute Gasteiger partial charge is 0.389 e. The third kappa shape index (κ3) is 5.35. The van der Waals surface area contributed by atoms with Crippen LogP contribution in [0.25, 0.3) is 0 Å². The molecule has 28 heavy (non-hydrogen) atoms. The zero-order valence-electron chi connectivity index (χ0n) is 15.4. The molecule has 0 aromatic heterocycles. The molecule has 3 atom stereocenters. The number of ether oxygens (including phenoxy) is 1. The van der Waals surface area contributed by atoms with E-state index in [4.69, 9.17) is 4.74 Å². The van der Waals surface area contributed by atoms with Crippen LogP contribution < -0.4 is 9.62 Å². The molecule has 1 aromatic carbocycles. The average Bonchev–Trinajstić information content (AvgIpc) is 2.93. The number of anilines is 1. The van der Waals surface area contributed by atoms with Gasteiger partial charge in [-0.25, -0.2) is 13.1 Å². The fraction of sp³-hybridized carbons (Fsp3) is 0.647. The molecule has 0 saturated carbocycles. The second-order valence-corrected chi connectivity index (χ2v) is 8.97. The van der Waals surface area contributed by atoms with Crippen molar-refractivity contribution in [2.75, 3.05) is 50.5 Å². The molecule has 2 aliphatic rings. The Morgan fingerprint density at radius 3 is 2.54 bits per heavy atom. The van der Waals surface area contributed by atoms with Gasteiger partial charge in [0.1, 0.15) is 0 Å². The van der Waals surface area contributed by atoms with Gasteiger partial charge in [0.15, 0.2) is 0 Å². The van der Waals surface area contributed by atoms with Gasteiger partial charge in [-0.1, -0.05) is 6.07 Å². The maximum atomic E-state index is 12.9. The van der Waals surface area contributed by atoms with Gasteiger partial charge < -0.3 is 14.7 Å². The first kappa shape index (κ1) is 21.3. The minimum atomic E-state index is -4.37. The maximum absolute atomic E-state index is 12.9. The van der Waals surface area contributed by atoms with Gasteiger partial charge in [-0.3, -0.25) is 4.90 Å². The molecule has 7 nitrogen and oxygen atoms in total. The van der Waals surface area contributed by atoms with Gasteiger partial charge in [-0.15, -0.1) is 0 Å². The number of piperazine rings is 1. The van der Waals surface area contributed by atoms with Crippen LogP contribution in [0.3, 0.4) is 0 Å². The summed E-state index contributed by atoms with van der Waals surface area (Å²) in [4.78, 5) is 3.95. The summed E-state index contributed by atoms with van der Waals surface area (Å²) < 4.78 is 69.2. The van der Waals surface area contributed by atoms with Crippen LogP contribution in [0.1, 0.15) is 5.56 Å². The molecule has 2 saturated heterocycles. The predicted molar refractivity (Wildman–Crippen MR) is 97.6 cm³/mol. The van der Waals surface area contributed by atoms with Gasteiger partial charge in [0.05, 0.1) is 36.7 Å². The van der Waals surface area contributed by atoms with Crippen molar-refractivity contribution in [3.63, 3.8) is 0 Å². The van der Waals surface area contributed by atoms with Crippen molar-refractivity contribution < 1.29 is 31.4 Å². The summed E-state index contributed by atoms with van der Waals surface area (Å²) >= 11 is 0. The highest BCUT2D eigenvalue weighted by atomic mass is 32.2. The number of aliphatic hydroxyl groups excluding tert-OH is 1. The Hall–Kier alpha value is -1.40. The molecule has 11 heteroatoms. The van der Waals surface area contributed by atoms with Crippen molar-refractivity contribution in [2.45, 2.75) is 24.4 Å². The second-order valence-electron chi connectivity index (χ2n) is 7.19. The van der Waals surface area contributed by atoms with E-state index >= 15 is 0 Å². The molecule has 0 amide bonds. The molecule has 1 aromatic rings. The van der Waals surface area contributed by atoms with Gasteiger partial charge in [0.25, 0.3) is 0 Å². The third-order valence-corrected chi connectivity index (χ3v) is 5.73. The molecule has 2 aliphatic heterocycles. The van der Waals surface area contributed by atoms with Crippen LogP contribution in [0.4, 0.5) is 18.9 Å². The van der Waals surface area contributed by atoms with Crippen molar-refractivity contribution in [1.29, 1.82) is 0 Å². The fourth-order valence-electron chi connectivity index (χ4n) is 3.55. The average molecular weight is 423 g/mol. The van der Waals surface area contributed by atoms with E-state index in [1.54, 1.807) is 6.07 Å². The molecule has 2 fully saturated rings. The minimum absolute atomic E-state index is 0.100. The van der Waals surface area contributed by atoms with Crippen molar-refractivity contribution in [1.82, 2.24) is 9.62 Å². The Bertz CT molecular complexity index is 782. The molecule has 3 rings (SSSR count). The standard InChI is InChI=1S/C17H24F3N3O4S/c1-28(25,26)21-14-11-27-15(16(14)24)10-22-5-7-23(8-6-22)13-4-2-3-12(9-13)17(18,19)20/h2-4,9,14-16,21,24H,5-8,10-11H2,1H3/t14-,15-,16+/m0/s1. The highest BCUT2D eigenvalue weighted by Crippen LogP contribution is 2.32. The minimum Gasteiger partial charge on any atom is -0.389 e. The largest absolute Gasteiger partial charge is 0.416 e. The van der Waals surface area contributed by atoms with Crippen molar-refractivity contribution in [2.24, 2.45) is 0 Å². The second kappa shape index (κ2) is 8.15. The van der Waals surface area contributed by atoms with Crippen molar-refractivity contribution >= 4 is 15.7 Å². The molecule has 2 heterocycles. The first-order chi connectivity index (χ1) is 13.0. The Labute approximate surface area is 162 Å². The maximum Gasteiger partial charge on any atom is 0.416 e. The fourth-order valence-corrected chi connectivity index (χ4v) is 4.30. The number of aliphatic hydroxyl groups is 1. The molecule has 0 radical (unpaired) electrons. The SMILES string of the molecule is CS(=O)(=O)N[C@H]1CO[C@@H](CN2CCN(c3cccc(C(F)(F)F)c3)CC2)[C@@H]1O. The number of rotatable bonds is 5. The first-order valence-electron chi connectivity index (χ1n) is 8.94. The molecular formula is C17H24F3N3O4S. The summed E-state index contributed by atoms with van der Waals surface area (Å²) in [6, 6.07) is 4.60. The molecule has 0 unspecified atom stereocenters. The number of nitrogens with zero attached hydrogens (tertiary/aromatic N) is 2. The lowest BCUT2D eigenvalue weighted by Gasteiger charge is -2.37. The topological polar surface area (TPSA) is 82.1 Å². The van der Waals surface area contributed by atoms with E-state index in [0.29, 0.717) is 38.4 Å². The third-order valence-electron chi connectivity index (χ3n) is 5.00. The van der Waals surface area contributed by atoms with E-state index in [1.807, 2.05) is 4.90 Å². The van der Waals surface area contributed by atoms with Gasteiger partial charge >= 0.3 is 6.18 Å². The molecular weight excluding hydrogens is 399 g/mol. The number of benzene rings is 1. The van der Waals surface area contributed by atoms with E-state index in [-0.39, 0.29) is 6.61 Å². The molecule has 158 valence electrons. The van der Waals surface area contributed by atoms with E-state index in [1.165, 1.54) is 6.07 Å². The van der Waals surface area contributed by atoms with Gasteiger partial charge in [-0.05, 0) is 18.2 Å². The van der Waals surface area contributed by atoms with Crippen LogP contribution in [-0.2, 0) is 20.9 Å². The molecule has 0 bridgehead atoms. The zero-order chi connectivity index (χ0) is 20.5. The Kier molecular flexibility index (Phi) is 6.20. The summed E-state index contributed by atoms with van der Waals surface area (Å²) in [6.07, 6.45) is -4.81. The van der Waals surface area contributed by atoms with Crippen molar-refractivity contribution in [3.05, 3.63) is 29.8 Å². The van der Waals surface area contributed by atoms with E-state index in [0.717, 1.165) is 18.4 Å². The quantitative estimate of drug-likeness (QED) is 0.718. The van der Waals surface area contributed by atoms with E-state index in [9.17, 15) is 26.7 Å². The number of nitrogens with one attached hydrogen (secondary N) is 1.